The largest absolute Gasteiger partial charge is 0.514 e. The van der Waals surface area contributed by atoms with Crippen LogP contribution in [-0.4, -0.2) is 12.3 Å². The lowest BCUT2D eigenvalue weighted by atomic mass is 10.1. The lowest BCUT2D eigenvalue weighted by Gasteiger charge is -2.16. The minimum Gasteiger partial charge on any atom is -0.431 e. The van der Waals surface area contributed by atoms with Gasteiger partial charge in [-0.05, 0) is 43.4 Å². The topological polar surface area (TPSA) is 35.5 Å². The average Bonchev–Trinajstić information content (AvgIpc) is 2.45. The molecule has 0 aliphatic rings. The van der Waals surface area contributed by atoms with Crippen LogP contribution < -0.4 is 4.74 Å². The molecule has 0 bridgehead atoms. The second-order valence-electron chi connectivity index (χ2n) is 5.87. The summed E-state index contributed by atoms with van der Waals surface area (Å²) in [5, 5.41) is 0. The summed E-state index contributed by atoms with van der Waals surface area (Å²) in [4.78, 5) is 11.6. The molecule has 118 valence electrons. The van der Waals surface area contributed by atoms with Gasteiger partial charge in [-0.15, -0.1) is 0 Å². The van der Waals surface area contributed by atoms with Crippen molar-refractivity contribution in [3.8, 4) is 5.75 Å². The molecule has 21 heavy (non-hydrogen) atoms. The first kappa shape index (κ1) is 17.5. The Morgan fingerprint density at radius 3 is 2.29 bits per heavy atom. The Hall–Kier alpha value is -1.51. The SMILES string of the molecule is CCCCCCc1ccc(OC(=O)OC(C)C(C)C)cc1. The van der Waals surface area contributed by atoms with E-state index in [2.05, 4.69) is 6.92 Å². The zero-order valence-corrected chi connectivity index (χ0v) is 13.7. The third-order valence-electron chi connectivity index (χ3n) is 3.66. The summed E-state index contributed by atoms with van der Waals surface area (Å²) in [5.41, 5.74) is 1.28. The molecular weight excluding hydrogens is 264 g/mol. The molecule has 1 aromatic carbocycles. The van der Waals surface area contributed by atoms with Crippen molar-refractivity contribution in [3.63, 3.8) is 0 Å². The highest BCUT2D eigenvalue weighted by Gasteiger charge is 2.14. The number of rotatable bonds is 8. The third-order valence-corrected chi connectivity index (χ3v) is 3.66. The van der Waals surface area contributed by atoms with Crippen molar-refractivity contribution in [2.24, 2.45) is 5.92 Å². The van der Waals surface area contributed by atoms with Gasteiger partial charge in [-0.3, -0.25) is 0 Å². The van der Waals surface area contributed by atoms with Gasteiger partial charge >= 0.3 is 6.16 Å². The molecule has 0 radical (unpaired) electrons. The summed E-state index contributed by atoms with van der Waals surface area (Å²) in [5.74, 6) is 0.816. The van der Waals surface area contributed by atoms with Crippen molar-refractivity contribution in [3.05, 3.63) is 29.8 Å². The third kappa shape index (κ3) is 7.16. The first-order valence-corrected chi connectivity index (χ1v) is 8.00. The molecule has 3 heteroatoms. The molecule has 0 N–H and O–H groups in total. The fourth-order valence-electron chi connectivity index (χ4n) is 1.89. The maximum absolute atomic E-state index is 11.6. The van der Waals surface area contributed by atoms with E-state index in [0.717, 1.165) is 6.42 Å². The average molecular weight is 292 g/mol. The van der Waals surface area contributed by atoms with E-state index in [1.807, 2.05) is 45.0 Å². The van der Waals surface area contributed by atoms with Crippen LogP contribution in [0.15, 0.2) is 24.3 Å². The zero-order valence-electron chi connectivity index (χ0n) is 13.7. The maximum Gasteiger partial charge on any atom is 0.514 e. The Morgan fingerprint density at radius 2 is 1.71 bits per heavy atom. The first-order valence-electron chi connectivity index (χ1n) is 8.00. The van der Waals surface area contributed by atoms with Crippen LogP contribution in [0.1, 0.15) is 58.9 Å². The standard InChI is InChI=1S/C18H28O3/c1-5-6-7-8-9-16-10-12-17(13-11-16)21-18(19)20-15(4)14(2)3/h10-15H,5-9H2,1-4H3. The van der Waals surface area contributed by atoms with Crippen LogP contribution in [-0.2, 0) is 11.2 Å². The van der Waals surface area contributed by atoms with E-state index in [9.17, 15) is 4.79 Å². The van der Waals surface area contributed by atoms with Gasteiger partial charge in [0.25, 0.3) is 0 Å². The van der Waals surface area contributed by atoms with Crippen molar-refractivity contribution in [1.29, 1.82) is 0 Å². The van der Waals surface area contributed by atoms with Gasteiger partial charge < -0.3 is 9.47 Å². The predicted molar refractivity (Wildman–Crippen MR) is 85.7 cm³/mol. The summed E-state index contributed by atoms with van der Waals surface area (Å²) in [6.07, 6.45) is 5.33. The van der Waals surface area contributed by atoms with Crippen LogP contribution in [0.5, 0.6) is 5.75 Å². The summed E-state index contributed by atoms with van der Waals surface area (Å²) < 4.78 is 10.3. The molecule has 0 aliphatic carbocycles. The molecule has 3 nitrogen and oxygen atoms in total. The minimum absolute atomic E-state index is 0.143. The monoisotopic (exact) mass is 292 g/mol. The molecule has 0 aliphatic heterocycles. The molecule has 0 aromatic heterocycles. The van der Waals surface area contributed by atoms with Crippen LogP contribution in [0, 0.1) is 5.92 Å². The number of carbonyl (C=O) groups excluding carboxylic acids is 1. The molecule has 0 saturated carbocycles. The number of carbonyl (C=O) groups is 1. The Bertz CT molecular complexity index is 409. The van der Waals surface area contributed by atoms with E-state index in [-0.39, 0.29) is 12.0 Å². The number of benzene rings is 1. The second kappa shape index (κ2) is 9.43. The Balaban J connectivity index is 2.38. The molecule has 0 fully saturated rings. The Kier molecular flexibility index (Phi) is 7.88. The fraction of sp³-hybridized carbons (Fsp3) is 0.611. The van der Waals surface area contributed by atoms with Gasteiger partial charge in [0.1, 0.15) is 11.9 Å². The first-order chi connectivity index (χ1) is 10.0. The second-order valence-corrected chi connectivity index (χ2v) is 5.87. The van der Waals surface area contributed by atoms with E-state index >= 15 is 0 Å². The van der Waals surface area contributed by atoms with Crippen molar-refractivity contribution < 1.29 is 14.3 Å². The number of ether oxygens (including phenoxy) is 2. The van der Waals surface area contributed by atoms with Crippen LogP contribution in [0.4, 0.5) is 4.79 Å². The quantitative estimate of drug-likeness (QED) is 0.367. The van der Waals surface area contributed by atoms with Crippen LogP contribution in [0.3, 0.4) is 0 Å². The number of hydrogen-bond acceptors (Lipinski definition) is 3. The molecule has 0 spiro atoms. The van der Waals surface area contributed by atoms with Gasteiger partial charge in [0.15, 0.2) is 0 Å². The van der Waals surface area contributed by atoms with Crippen LogP contribution in [0.25, 0.3) is 0 Å². The van der Waals surface area contributed by atoms with Crippen LogP contribution in [0.2, 0.25) is 0 Å². The van der Waals surface area contributed by atoms with E-state index in [4.69, 9.17) is 9.47 Å². The highest BCUT2D eigenvalue weighted by molar-refractivity contribution is 5.64. The van der Waals surface area contributed by atoms with Crippen molar-refractivity contribution in [2.75, 3.05) is 0 Å². The van der Waals surface area contributed by atoms with Gasteiger partial charge in [-0.2, -0.15) is 0 Å². The number of hydrogen-bond donors (Lipinski definition) is 0. The highest BCUT2D eigenvalue weighted by atomic mass is 16.7. The van der Waals surface area contributed by atoms with E-state index in [1.54, 1.807) is 0 Å². The van der Waals surface area contributed by atoms with Gasteiger partial charge in [0.2, 0.25) is 0 Å². The molecule has 0 amide bonds. The molecule has 1 aromatic rings. The zero-order chi connectivity index (χ0) is 15.7. The molecule has 1 rings (SSSR count). The predicted octanol–water partition coefficient (Wildman–Crippen LogP) is 5.37. The van der Waals surface area contributed by atoms with E-state index in [1.165, 1.54) is 31.2 Å². The summed E-state index contributed by atoms with van der Waals surface area (Å²) in [6, 6.07) is 7.69. The van der Waals surface area contributed by atoms with E-state index in [0.29, 0.717) is 5.75 Å². The van der Waals surface area contributed by atoms with Crippen molar-refractivity contribution in [2.45, 2.75) is 65.9 Å². The van der Waals surface area contributed by atoms with Gasteiger partial charge in [-0.1, -0.05) is 52.2 Å². The maximum atomic E-state index is 11.6. The van der Waals surface area contributed by atoms with Crippen molar-refractivity contribution >= 4 is 6.16 Å². The highest BCUT2D eigenvalue weighted by Crippen LogP contribution is 2.16. The molecule has 1 unspecified atom stereocenters. The van der Waals surface area contributed by atoms with Crippen LogP contribution >= 0.6 is 0 Å². The number of aryl methyl sites for hydroxylation is 1. The summed E-state index contributed by atoms with van der Waals surface area (Å²) >= 11 is 0. The molecular formula is C18H28O3. The van der Waals surface area contributed by atoms with Gasteiger partial charge in [0, 0.05) is 0 Å². The summed E-state index contributed by atoms with van der Waals surface area (Å²) in [6.45, 7) is 8.09. The Morgan fingerprint density at radius 1 is 1.05 bits per heavy atom. The summed E-state index contributed by atoms with van der Waals surface area (Å²) in [7, 11) is 0. The Labute approximate surface area is 128 Å². The smallest absolute Gasteiger partial charge is 0.431 e. The lowest BCUT2D eigenvalue weighted by molar-refractivity contribution is 0.0466. The molecule has 0 heterocycles. The normalized spacial score (nSPS) is 12.2. The lowest BCUT2D eigenvalue weighted by Crippen LogP contribution is -2.22. The number of unbranched alkanes of at least 4 members (excludes halogenated alkanes) is 3. The minimum atomic E-state index is -0.633. The molecule has 0 saturated heterocycles. The van der Waals surface area contributed by atoms with Crippen molar-refractivity contribution in [1.82, 2.24) is 0 Å². The molecule has 1 atom stereocenters. The fourth-order valence-corrected chi connectivity index (χ4v) is 1.89. The van der Waals surface area contributed by atoms with E-state index < -0.39 is 6.16 Å². The van der Waals surface area contributed by atoms with Gasteiger partial charge in [-0.25, -0.2) is 4.79 Å². The van der Waals surface area contributed by atoms with Gasteiger partial charge in [0.05, 0.1) is 0 Å².